The number of nitrogens with one attached hydrogen (secondary N) is 2. The quantitative estimate of drug-likeness (QED) is 0.184. The number of phenolic OH excluding ortho intramolecular Hbond substituents is 1. The Balaban J connectivity index is 0.000000186. The molecular weight excluding hydrogens is 518 g/mol. The van der Waals surface area contributed by atoms with E-state index in [9.17, 15) is 24.3 Å². The Hall–Kier alpha value is -3.91. The van der Waals surface area contributed by atoms with Crippen molar-refractivity contribution in [1.29, 1.82) is 0 Å². The van der Waals surface area contributed by atoms with Crippen LogP contribution < -0.4 is 22.1 Å². The van der Waals surface area contributed by atoms with Gasteiger partial charge in [-0.05, 0) is 38.2 Å². The van der Waals surface area contributed by atoms with Crippen molar-refractivity contribution >= 4 is 29.6 Å². The number of guanidine groups is 1. The van der Waals surface area contributed by atoms with Crippen LogP contribution in [0.1, 0.15) is 12.0 Å². The first-order chi connectivity index (χ1) is 19.0. The molecule has 0 aliphatic carbocycles. The second-order valence-corrected chi connectivity index (χ2v) is 10.7. The molecule has 5 rings (SSSR count). The Morgan fingerprint density at radius 3 is 1.88 bits per heavy atom. The molecule has 0 spiro atoms. The highest BCUT2D eigenvalue weighted by Gasteiger charge is 2.43. The van der Waals surface area contributed by atoms with Crippen LogP contribution in [0.3, 0.4) is 0 Å². The van der Waals surface area contributed by atoms with E-state index < -0.39 is 12.1 Å². The number of piperazine rings is 4. The molecule has 4 amide bonds. The van der Waals surface area contributed by atoms with Crippen molar-refractivity contribution in [2.75, 3.05) is 59.9 Å². The van der Waals surface area contributed by atoms with Crippen LogP contribution in [0.4, 0.5) is 0 Å². The zero-order valence-electron chi connectivity index (χ0n) is 23.0. The molecule has 40 heavy (non-hydrogen) atoms. The second-order valence-electron chi connectivity index (χ2n) is 10.7. The molecular formula is C26H39N9O5. The standard InChI is InChI=1S/C15H19N3O3.C11H20N6O2/c1-17-6-7-18-13(9-17)14(20)16-12(15(18)21)8-10-2-4-11(19)5-3-10;1-16-4-5-17-8(6-16)9(18)15-7(10(17)19)2-3-14-11(12)13/h2-5,12-13,19H,6-9H2,1H3,(H,16,20);7-8H,2-6H2,1H3,(H,15,18)(H4,12,13,14). The monoisotopic (exact) mass is 557 g/mol. The first-order valence-electron chi connectivity index (χ1n) is 13.5. The number of rotatable bonds is 5. The van der Waals surface area contributed by atoms with Crippen molar-refractivity contribution in [2.24, 2.45) is 16.5 Å². The Morgan fingerprint density at radius 1 is 0.850 bits per heavy atom. The number of hydrogen-bond donors (Lipinski definition) is 5. The van der Waals surface area contributed by atoms with Gasteiger partial charge in [0, 0.05) is 52.2 Å². The van der Waals surface area contributed by atoms with Crippen LogP contribution in [-0.4, -0.2) is 138 Å². The van der Waals surface area contributed by atoms with Crippen molar-refractivity contribution in [3.63, 3.8) is 0 Å². The molecule has 4 atom stereocenters. The molecule has 14 nitrogen and oxygen atoms in total. The third-order valence-electron chi connectivity index (χ3n) is 7.66. The van der Waals surface area contributed by atoms with E-state index in [-0.39, 0.29) is 47.4 Å². The van der Waals surface area contributed by atoms with Gasteiger partial charge in [0.1, 0.15) is 29.9 Å². The van der Waals surface area contributed by atoms with E-state index in [1.54, 1.807) is 34.1 Å². The summed E-state index contributed by atoms with van der Waals surface area (Å²) >= 11 is 0. The van der Waals surface area contributed by atoms with Gasteiger partial charge in [-0.3, -0.25) is 24.2 Å². The lowest BCUT2D eigenvalue weighted by Crippen LogP contribution is -2.69. The van der Waals surface area contributed by atoms with Crippen molar-refractivity contribution in [3.05, 3.63) is 29.8 Å². The maximum absolute atomic E-state index is 12.5. The molecule has 4 aliphatic heterocycles. The predicted molar refractivity (Wildman–Crippen MR) is 147 cm³/mol. The van der Waals surface area contributed by atoms with Crippen LogP contribution in [0.2, 0.25) is 0 Å². The SMILES string of the molecule is CN1CCN2C(=O)C(CCN=C(N)N)NC(=O)C2C1.CN1CCN2C(=O)C(Cc3ccc(O)cc3)NC(=O)C2C1. The largest absolute Gasteiger partial charge is 0.508 e. The van der Waals surface area contributed by atoms with Gasteiger partial charge < -0.3 is 46.8 Å². The molecule has 4 fully saturated rings. The molecule has 1 aromatic rings. The summed E-state index contributed by atoms with van der Waals surface area (Å²) in [6.07, 6.45) is 0.867. The Morgan fingerprint density at radius 2 is 1.35 bits per heavy atom. The number of amides is 4. The molecule has 218 valence electrons. The van der Waals surface area contributed by atoms with Crippen LogP contribution >= 0.6 is 0 Å². The third kappa shape index (κ3) is 6.80. The number of fused-ring (bicyclic) bond motifs is 2. The van der Waals surface area contributed by atoms with Crippen molar-refractivity contribution in [1.82, 2.24) is 30.2 Å². The highest BCUT2D eigenvalue weighted by molar-refractivity contribution is 5.98. The Bertz CT molecular complexity index is 1140. The smallest absolute Gasteiger partial charge is 0.246 e. The van der Waals surface area contributed by atoms with Crippen molar-refractivity contribution < 1.29 is 24.3 Å². The van der Waals surface area contributed by atoms with Crippen LogP contribution in [0.5, 0.6) is 5.75 Å². The third-order valence-corrected chi connectivity index (χ3v) is 7.66. The fraction of sp³-hybridized carbons (Fsp3) is 0.577. The van der Waals surface area contributed by atoms with Crippen molar-refractivity contribution in [3.8, 4) is 5.75 Å². The molecule has 4 aliphatic rings. The average Bonchev–Trinajstić information content (AvgIpc) is 2.91. The minimum atomic E-state index is -0.518. The predicted octanol–water partition coefficient (Wildman–Crippen LogP) is -3.13. The maximum atomic E-state index is 12.5. The number of aliphatic imine (C=N–C) groups is 1. The van der Waals surface area contributed by atoms with Gasteiger partial charge in [0.2, 0.25) is 23.6 Å². The summed E-state index contributed by atoms with van der Waals surface area (Å²) in [6.45, 7) is 4.27. The number of hydrogen-bond acceptors (Lipinski definition) is 8. The molecule has 0 aromatic heterocycles. The highest BCUT2D eigenvalue weighted by atomic mass is 16.3. The number of likely N-dealkylation sites (N-methyl/N-ethyl adjacent to an activating group) is 2. The van der Waals surface area contributed by atoms with Gasteiger partial charge in [-0.25, -0.2) is 0 Å². The van der Waals surface area contributed by atoms with Crippen LogP contribution in [0, 0.1) is 0 Å². The van der Waals surface area contributed by atoms with E-state index in [1.807, 2.05) is 19.0 Å². The van der Waals surface area contributed by atoms with Crippen LogP contribution in [0.15, 0.2) is 29.3 Å². The summed E-state index contributed by atoms with van der Waals surface area (Å²) in [6, 6.07) is 4.94. The summed E-state index contributed by atoms with van der Waals surface area (Å²) < 4.78 is 0. The van der Waals surface area contributed by atoms with Gasteiger partial charge in [0.05, 0.1) is 0 Å². The molecule has 1 aromatic carbocycles. The van der Waals surface area contributed by atoms with Gasteiger partial charge in [-0.15, -0.1) is 0 Å². The topological polar surface area (TPSA) is 190 Å². The molecule has 4 unspecified atom stereocenters. The minimum Gasteiger partial charge on any atom is -0.508 e. The lowest BCUT2D eigenvalue weighted by molar-refractivity contribution is -0.152. The number of benzene rings is 1. The summed E-state index contributed by atoms with van der Waals surface area (Å²) in [4.78, 5) is 60.3. The first kappa shape index (κ1) is 29.1. The highest BCUT2D eigenvalue weighted by Crippen LogP contribution is 2.19. The van der Waals surface area contributed by atoms with Gasteiger partial charge in [-0.1, -0.05) is 12.1 Å². The molecule has 4 saturated heterocycles. The van der Waals surface area contributed by atoms with Crippen molar-refractivity contribution in [2.45, 2.75) is 37.0 Å². The lowest BCUT2D eigenvalue weighted by Gasteiger charge is -2.44. The number of nitrogens with two attached hydrogens (primary N) is 2. The first-order valence-corrected chi connectivity index (χ1v) is 13.5. The van der Waals surface area contributed by atoms with Gasteiger partial charge in [-0.2, -0.15) is 0 Å². The van der Waals surface area contributed by atoms with E-state index in [2.05, 4.69) is 20.5 Å². The summed E-state index contributed by atoms with van der Waals surface area (Å²) in [5.74, 6) is -0.0426. The van der Waals surface area contributed by atoms with E-state index in [0.717, 1.165) is 18.7 Å². The minimum absolute atomic E-state index is 0.00735. The van der Waals surface area contributed by atoms with Crippen LogP contribution in [-0.2, 0) is 25.6 Å². The average molecular weight is 558 g/mol. The fourth-order valence-electron chi connectivity index (χ4n) is 5.40. The van der Waals surface area contributed by atoms with Crippen LogP contribution in [0.25, 0.3) is 0 Å². The van der Waals surface area contributed by atoms with E-state index in [4.69, 9.17) is 11.5 Å². The maximum Gasteiger partial charge on any atom is 0.246 e. The molecule has 7 N–H and O–H groups in total. The summed E-state index contributed by atoms with van der Waals surface area (Å²) in [5, 5.41) is 14.9. The number of aromatic hydroxyl groups is 1. The molecule has 0 saturated carbocycles. The Kier molecular flexibility index (Phi) is 9.10. The van der Waals surface area contributed by atoms with Gasteiger partial charge in [0.25, 0.3) is 0 Å². The van der Waals surface area contributed by atoms with E-state index >= 15 is 0 Å². The summed E-state index contributed by atoms with van der Waals surface area (Å²) in [7, 11) is 3.90. The number of nitrogens with zero attached hydrogens (tertiary/aromatic N) is 5. The number of carbonyl (C=O) groups is 4. The lowest BCUT2D eigenvalue weighted by atomic mass is 9.99. The zero-order valence-corrected chi connectivity index (χ0v) is 23.0. The number of carbonyl (C=O) groups excluding carboxylic acids is 4. The molecule has 4 heterocycles. The zero-order chi connectivity index (χ0) is 29.0. The van der Waals surface area contributed by atoms with E-state index in [1.165, 1.54) is 0 Å². The van der Waals surface area contributed by atoms with Gasteiger partial charge >= 0.3 is 0 Å². The number of phenols is 1. The molecule has 0 bridgehead atoms. The molecule has 0 radical (unpaired) electrons. The Labute approximate surface area is 233 Å². The second kappa shape index (κ2) is 12.5. The van der Waals surface area contributed by atoms with E-state index in [0.29, 0.717) is 45.6 Å². The fourth-order valence-corrected chi connectivity index (χ4v) is 5.40. The van der Waals surface area contributed by atoms with Gasteiger partial charge in [0.15, 0.2) is 5.96 Å². The molecule has 14 heteroatoms. The normalized spacial score (nSPS) is 27.1. The summed E-state index contributed by atoms with van der Waals surface area (Å²) in [5.41, 5.74) is 11.4.